The van der Waals surface area contributed by atoms with Crippen LogP contribution in [0.2, 0.25) is 0 Å². The molecule has 0 heterocycles. The van der Waals surface area contributed by atoms with Crippen LogP contribution in [-0.2, 0) is 4.74 Å². The van der Waals surface area contributed by atoms with Gasteiger partial charge in [-0.05, 0) is 25.5 Å². The van der Waals surface area contributed by atoms with Gasteiger partial charge in [0.25, 0.3) is 0 Å². The third-order valence-electron chi connectivity index (χ3n) is 4.26. The SMILES string of the molecule is CCNC(c1ccccc1F)C1(OC)CCCCC1. The summed E-state index contributed by atoms with van der Waals surface area (Å²) in [6.45, 7) is 2.87. The number of ether oxygens (including phenoxy) is 1. The van der Waals surface area contributed by atoms with Gasteiger partial charge in [-0.3, -0.25) is 0 Å². The first kappa shape index (κ1) is 14.5. The van der Waals surface area contributed by atoms with Gasteiger partial charge in [0.15, 0.2) is 0 Å². The molecule has 0 amide bonds. The molecule has 1 aliphatic carbocycles. The van der Waals surface area contributed by atoms with Gasteiger partial charge in [-0.1, -0.05) is 44.4 Å². The Morgan fingerprint density at radius 2 is 1.95 bits per heavy atom. The number of halogens is 1. The Hall–Kier alpha value is -0.930. The van der Waals surface area contributed by atoms with Crippen LogP contribution in [0, 0.1) is 5.82 Å². The third kappa shape index (κ3) is 2.98. The zero-order chi connectivity index (χ0) is 13.7. The Labute approximate surface area is 115 Å². The molecule has 0 aromatic heterocycles. The fourth-order valence-corrected chi connectivity index (χ4v) is 3.25. The van der Waals surface area contributed by atoms with E-state index in [1.54, 1.807) is 13.2 Å². The molecule has 1 atom stereocenters. The van der Waals surface area contributed by atoms with E-state index in [4.69, 9.17) is 4.74 Å². The lowest BCUT2D eigenvalue weighted by Gasteiger charge is -2.43. The number of rotatable bonds is 5. The van der Waals surface area contributed by atoms with Crippen molar-refractivity contribution in [1.82, 2.24) is 5.32 Å². The van der Waals surface area contributed by atoms with Gasteiger partial charge < -0.3 is 10.1 Å². The quantitative estimate of drug-likeness (QED) is 0.873. The Bertz CT molecular complexity index is 401. The Morgan fingerprint density at radius 3 is 2.53 bits per heavy atom. The van der Waals surface area contributed by atoms with E-state index in [9.17, 15) is 4.39 Å². The molecule has 0 radical (unpaired) electrons. The molecule has 1 unspecified atom stereocenters. The highest BCUT2D eigenvalue weighted by molar-refractivity contribution is 5.25. The molecule has 2 nitrogen and oxygen atoms in total. The number of hydrogen-bond donors (Lipinski definition) is 1. The van der Waals surface area contributed by atoms with E-state index in [0.717, 1.165) is 37.8 Å². The van der Waals surface area contributed by atoms with Gasteiger partial charge in [0.2, 0.25) is 0 Å². The van der Waals surface area contributed by atoms with E-state index >= 15 is 0 Å². The van der Waals surface area contributed by atoms with Crippen LogP contribution in [0.25, 0.3) is 0 Å². The number of methoxy groups -OCH3 is 1. The lowest BCUT2D eigenvalue weighted by Crippen LogP contribution is -2.47. The minimum absolute atomic E-state index is 0.0657. The van der Waals surface area contributed by atoms with Crippen LogP contribution in [0.4, 0.5) is 4.39 Å². The second-order valence-corrected chi connectivity index (χ2v) is 5.34. The Kier molecular flexibility index (Phi) is 4.94. The summed E-state index contributed by atoms with van der Waals surface area (Å²) >= 11 is 0. The van der Waals surface area contributed by atoms with Crippen molar-refractivity contribution in [1.29, 1.82) is 0 Å². The Morgan fingerprint density at radius 1 is 1.26 bits per heavy atom. The highest BCUT2D eigenvalue weighted by atomic mass is 19.1. The number of hydrogen-bond acceptors (Lipinski definition) is 2. The molecule has 1 saturated carbocycles. The lowest BCUT2D eigenvalue weighted by molar-refractivity contribution is -0.0691. The van der Waals surface area contributed by atoms with Crippen molar-refractivity contribution in [3.63, 3.8) is 0 Å². The van der Waals surface area contributed by atoms with E-state index in [0.29, 0.717) is 0 Å². The summed E-state index contributed by atoms with van der Waals surface area (Å²) in [6.07, 6.45) is 5.56. The van der Waals surface area contributed by atoms with Crippen LogP contribution in [0.15, 0.2) is 24.3 Å². The van der Waals surface area contributed by atoms with Crippen LogP contribution in [-0.4, -0.2) is 19.3 Å². The van der Waals surface area contributed by atoms with E-state index in [2.05, 4.69) is 12.2 Å². The Balaban J connectivity index is 2.35. The third-order valence-corrected chi connectivity index (χ3v) is 4.26. The highest BCUT2D eigenvalue weighted by Gasteiger charge is 2.41. The van der Waals surface area contributed by atoms with Crippen molar-refractivity contribution >= 4 is 0 Å². The van der Waals surface area contributed by atoms with Crippen molar-refractivity contribution < 1.29 is 9.13 Å². The van der Waals surface area contributed by atoms with Crippen LogP contribution in [0.3, 0.4) is 0 Å². The first-order valence-corrected chi connectivity index (χ1v) is 7.26. The predicted molar refractivity (Wildman–Crippen MR) is 75.6 cm³/mol. The van der Waals surface area contributed by atoms with Crippen molar-refractivity contribution in [2.75, 3.05) is 13.7 Å². The monoisotopic (exact) mass is 265 g/mol. The molecule has 0 spiro atoms. The van der Waals surface area contributed by atoms with Gasteiger partial charge >= 0.3 is 0 Å². The first-order chi connectivity index (χ1) is 9.23. The van der Waals surface area contributed by atoms with Crippen LogP contribution >= 0.6 is 0 Å². The molecule has 2 rings (SSSR count). The first-order valence-electron chi connectivity index (χ1n) is 7.26. The number of benzene rings is 1. The van der Waals surface area contributed by atoms with Crippen molar-refractivity contribution in [2.45, 2.75) is 50.7 Å². The maximum Gasteiger partial charge on any atom is 0.128 e. The minimum Gasteiger partial charge on any atom is -0.376 e. The fourth-order valence-electron chi connectivity index (χ4n) is 3.25. The number of likely N-dealkylation sites (N-methyl/N-ethyl adjacent to an activating group) is 1. The van der Waals surface area contributed by atoms with Gasteiger partial charge in [-0.25, -0.2) is 4.39 Å². The smallest absolute Gasteiger partial charge is 0.128 e. The standard InChI is InChI=1S/C16H24FNO/c1-3-18-15(13-9-5-6-10-14(13)17)16(19-2)11-7-4-8-12-16/h5-6,9-10,15,18H,3-4,7-8,11-12H2,1-2H3. The topological polar surface area (TPSA) is 21.3 Å². The zero-order valence-electron chi connectivity index (χ0n) is 11.9. The van der Waals surface area contributed by atoms with Crippen LogP contribution in [0.5, 0.6) is 0 Å². The summed E-state index contributed by atoms with van der Waals surface area (Å²) < 4.78 is 20.0. The maximum atomic E-state index is 14.1. The molecule has 1 aromatic carbocycles. The fraction of sp³-hybridized carbons (Fsp3) is 0.625. The van der Waals surface area contributed by atoms with E-state index < -0.39 is 0 Å². The van der Waals surface area contributed by atoms with E-state index in [-0.39, 0.29) is 17.5 Å². The van der Waals surface area contributed by atoms with Crippen LogP contribution < -0.4 is 5.32 Å². The van der Waals surface area contributed by atoms with Gasteiger partial charge in [-0.2, -0.15) is 0 Å². The van der Waals surface area contributed by atoms with E-state index in [1.807, 2.05) is 12.1 Å². The largest absolute Gasteiger partial charge is 0.376 e. The molecule has 0 bridgehead atoms. The van der Waals surface area contributed by atoms with Gasteiger partial charge in [0, 0.05) is 12.7 Å². The average molecular weight is 265 g/mol. The molecule has 1 N–H and O–H groups in total. The van der Waals surface area contributed by atoms with Gasteiger partial charge in [-0.15, -0.1) is 0 Å². The summed E-state index contributed by atoms with van der Waals surface area (Å²) in [5.41, 5.74) is 0.462. The normalized spacial score (nSPS) is 20.2. The zero-order valence-corrected chi connectivity index (χ0v) is 11.9. The number of nitrogens with one attached hydrogen (secondary N) is 1. The molecular formula is C16H24FNO. The molecule has 0 aliphatic heterocycles. The molecule has 1 fully saturated rings. The molecule has 1 aliphatic rings. The molecule has 19 heavy (non-hydrogen) atoms. The molecule has 1 aromatic rings. The molecule has 106 valence electrons. The summed E-state index contributed by atoms with van der Waals surface area (Å²) in [5, 5.41) is 3.44. The maximum absolute atomic E-state index is 14.1. The summed E-state index contributed by atoms with van der Waals surface area (Å²) in [7, 11) is 1.76. The average Bonchev–Trinajstić information content (AvgIpc) is 2.46. The second-order valence-electron chi connectivity index (χ2n) is 5.34. The van der Waals surface area contributed by atoms with Crippen molar-refractivity contribution in [3.05, 3.63) is 35.6 Å². The predicted octanol–water partition coefficient (Wildman–Crippen LogP) is 3.83. The van der Waals surface area contributed by atoms with Crippen molar-refractivity contribution in [2.24, 2.45) is 0 Å². The van der Waals surface area contributed by atoms with Crippen LogP contribution in [0.1, 0.15) is 50.6 Å². The van der Waals surface area contributed by atoms with E-state index in [1.165, 1.54) is 12.5 Å². The second kappa shape index (κ2) is 6.49. The summed E-state index contributed by atoms with van der Waals surface area (Å²) in [6, 6.07) is 6.98. The summed E-state index contributed by atoms with van der Waals surface area (Å²) in [5.74, 6) is -0.143. The minimum atomic E-state index is -0.267. The summed E-state index contributed by atoms with van der Waals surface area (Å²) in [4.78, 5) is 0. The molecule has 3 heteroatoms. The molecular weight excluding hydrogens is 241 g/mol. The van der Waals surface area contributed by atoms with Crippen molar-refractivity contribution in [3.8, 4) is 0 Å². The van der Waals surface area contributed by atoms with Gasteiger partial charge in [0.05, 0.1) is 11.6 Å². The molecule has 0 saturated heterocycles. The lowest BCUT2D eigenvalue weighted by atomic mass is 9.76. The highest BCUT2D eigenvalue weighted by Crippen LogP contribution is 2.41. The van der Waals surface area contributed by atoms with Gasteiger partial charge in [0.1, 0.15) is 5.82 Å².